The molecule has 1 atom stereocenters. The summed E-state index contributed by atoms with van der Waals surface area (Å²) in [7, 11) is 3.65. The highest BCUT2D eigenvalue weighted by atomic mass is 32.1. The Balaban J connectivity index is 3.60. The van der Waals surface area contributed by atoms with Gasteiger partial charge in [0, 0.05) is 12.8 Å². The zero-order valence-corrected chi connectivity index (χ0v) is 11.9. The first-order chi connectivity index (χ1) is 6.70. The molecule has 1 unspecified atom stereocenters. The zero-order valence-electron chi connectivity index (χ0n) is 9.83. The topological polar surface area (TPSA) is 12.5 Å². The van der Waals surface area contributed by atoms with E-state index in [1.807, 2.05) is 0 Å². The quantitative estimate of drug-likeness (QED) is 0.482. The summed E-state index contributed by atoms with van der Waals surface area (Å²) in [5.41, 5.74) is 0. The van der Waals surface area contributed by atoms with Crippen molar-refractivity contribution in [2.24, 2.45) is 0 Å². The highest BCUT2D eigenvalue weighted by Crippen LogP contribution is 2.05. The second-order valence-corrected chi connectivity index (χ2v) is 7.65. The largest absolute Gasteiger partial charge is 0.385 e. The van der Waals surface area contributed by atoms with E-state index in [9.17, 15) is 0 Å². The van der Waals surface area contributed by atoms with E-state index >= 15 is 0 Å². The minimum atomic E-state index is -0.638. The Hall–Kier alpha value is 0.487. The van der Waals surface area contributed by atoms with E-state index in [4.69, 9.17) is 4.74 Å². The molecular formula is C10H25NOSSi. The molecule has 86 valence electrons. The van der Waals surface area contributed by atoms with Crippen LogP contribution in [0.15, 0.2) is 0 Å². The van der Waals surface area contributed by atoms with Crippen molar-refractivity contribution in [2.45, 2.75) is 25.4 Å². The number of ether oxygens (including phenoxy) is 1. The van der Waals surface area contributed by atoms with E-state index in [0.717, 1.165) is 18.6 Å². The molecule has 0 aliphatic rings. The molecule has 0 radical (unpaired) electrons. The van der Waals surface area contributed by atoms with Gasteiger partial charge in [0.25, 0.3) is 0 Å². The first-order valence-corrected chi connectivity index (χ1v) is 8.62. The van der Waals surface area contributed by atoms with Crippen molar-refractivity contribution in [3.8, 4) is 0 Å². The number of hydrogen-bond acceptors (Lipinski definition) is 3. The first kappa shape index (κ1) is 14.5. The molecule has 0 aliphatic heterocycles. The maximum atomic E-state index is 5.54. The van der Waals surface area contributed by atoms with Crippen LogP contribution in [0.1, 0.15) is 13.3 Å². The third-order valence-electron chi connectivity index (χ3n) is 2.31. The molecule has 0 saturated carbocycles. The predicted octanol–water partition coefficient (Wildman–Crippen LogP) is 1.67. The minimum Gasteiger partial charge on any atom is -0.385 e. The van der Waals surface area contributed by atoms with Gasteiger partial charge in [0.15, 0.2) is 0 Å². The van der Waals surface area contributed by atoms with E-state index in [0.29, 0.717) is 0 Å². The van der Waals surface area contributed by atoms with Crippen molar-refractivity contribution in [3.63, 3.8) is 0 Å². The van der Waals surface area contributed by atoms with E-state index in [-0.39, 0.29) is 0 Å². The van der Waals surface area contributed by atoms with Crippen molar-refractivity contribution in [1.82, 2.24) is 4.90 Å². The summed E-state index contributed by atoms with van der Waals surface area (Å²) in [6.07, 6.45) is 2.32. The van der Waals surface area contributed by atoms with E-state index in [1.54, 1.807) is 0 Å². The van der Waals surface area contributed by atoms with Gasteiger partial charge in [-0.3, -0.25) is 0 Å². The van der Waals surface area contributed by atoms with Gasteiger partial charge in [-0.2, -0.15) is 12.6 Å². The molecule has 0 rings (SSSR count). The monoisotopic (exact) mass is 235 g/mol. The average molecular weight is 235 g/mol. The van der Waals surface area contributed by atoms with Gasteiger partial charge >= 0.3 is 0 Å². The molecular weight excluding hydrogens is 210 g/mol. The molecule has 0 aromatic heterocycles. The molecule has 2 nitrogen and oxygen atoms in total. The summed E-state index contributed by atoms with van der Waals surface area (Å²) in [6.45, 7) is 4.17. The molecule has 0 N–H and O–H groups in total. The molecule has 0 bridgehead atoms. The molecule has 0 fully saturated rings. The van der Waals surface area contributed by atoms with Crippen molar-refractivity contribution in [2.75, 3.05) is 39.2 Å². The normalized spacial score (nSPS) is 13.5. The Morgan fingerprint density at radius 1 is 1.29 bits per heavy atom. The Morgan fingerprint density at radius 2 is 2.00 bits per heavy atom. The predicted molar refractivity (Wildman–Crippen MR) is 70.3 cm³/mol. The fourth-order valence-corrected chi connectivity index (χ4v) is 4.80. The summed E-state index contributed by atoms with van der Waals surface area (Å²) >= 11 is 4.27. The maximum Gasteiger partial charge on any atom is 0.0690 e. The SMILES string of the molecule is CCOC[SiH](CCCS)CCN(C)C. The average Bonchev–Trinajstić information content (AvgIpc) is 2.16. The van der Waals surface area contributed by atoms with Crippen LogP contribution in [0.5, 0.6) is 0 Å². The fourth-order valence-electron chi connectivity index (χ4n) is 1.42. The third kappa shape index (κ3) is 9.06. The lowest BCUT2D eigenvalue weighted by atomic mass is 10.6. The molecule has 14 heavy (non-hydrogen) atoms. The Kier molecular flexibility index (Phi) is 10.4. The molecule has 0 aromatic carbocycles. The van der Waals surface area contributed by atoms with Gasteiger partial charge in [0.1, 0.15) is 0 Å². The van der Waals surface area contributed by atoms with Gasteiger partial charge in [0.05, 0.1) is 8.80 Å². The van der Waals surface area contributed by atoms with Gasteiger partial charge in [-0.05, 0) is 45.8 Å². The fraction of sp³-hybridized carbons (Fsp3) is 1.00. The van der Waals surface area contributed by atoms with Crippen LogP contribution in [0, 0.1) is 0 Å². The van der Waals surface area contributed by atoms with E-state index in [2.05, 4.69) is 38.5 Å². The molecule has 0 saturated heterocycles. The van der Waals surface area contributed by atoms with Crippen LogP contribution in [0.3, 0.4) is 0 Å². The second kappa shape index (κ2) is 10.0. The standard InChI is InChI=1S/C10H25NOSSi/c1-4-12-10-14(8-5-7-13)9-6-11(2)3/h13-14H,4-10H2,1-3H3. The number of rotatable bonds is 9. The summed E-state index contributed by atoms with van der Waals surface area (Å²) in [6, 6.07) is 2.76. The molecule has 4 heteroatoms. The van der Waals surface area contributed by atoms with Crippen LogP contribution in [0.25, 0.3) is 0 Å². The van der Waals surface area contributed by atoms with Crippen molar-refractivity contribution in [1.29, 1.82) is 0 Å². The number of nitrogens with zero attached hydrogens (tertiary/aromatic N) is 1. The van der Waals surface area contributed by atoms with Gasteiger partial charge in [0.2, 0.25) is 0 Å². The molecule has 0 aliphatic carbocycles. The summed E-state index contributed by atoms with van der Waals surface area (Å²) < 4.78 is 5.54. The molecule has 0 spiro atoms. The van der Waals surface area contributed by atoms with Crippen LogP contribution < -0.4 is 0 Å². The Morgan fingerprint density at radius 3 is 2.50 bits per heavy atom. The maximum absolute atomic E-state index is 5.54. The lowest BCUT2D eigenvalue weighted by Gasteiger charge is -2.17. The second-order valence-electron chi connectivity index (χ2n) is 3.98. The Bertz CT molecular complexity index is 117. The van der Waals surface area contributed by atoms with Gasteiger partial charge in [-0.15, -0.1) is 0 Å². The van der Waals surface area contributed by atoms with Gasteiger partial charge in [-0.1, -0.05) is 6.04 Å². The van der Waals surface area contributed by atoms with Gasteiger partial charge < -0.3 is 9.64 Å². The van der Waals surface area contributed by atoms with Crippen LogP contribution in [-0.2, 0) is 4.74 Å². The van der Waals surface area contributed by atoms with Crippen molar-refractivity contribution >= 4 is 21.4 Å². The van der Waals surface area contributed by atoms with Crippen LogP contribution in [0.2, 0.25) is 12.1 Å². The van der Waals surface area contributed by atoms with Crippen molar-refractivity contribution < 1.29 is 4.74 Å². The zero-order chi connectivity index (χ0) is 10.8. The molecule has 0 aromatic rings. The van der Waals surface area contributed by atoms with Gasteiger partial charge in [-0.25, -0.2) is 0 Å². The Labute approximate surface area is 96.0 Å². The lowest BCUT2D eigenvalue weighted by molar-refractivity contribution is 0.189. The summed E-state index contributed by atoms with van der Waals surface area (Å²) in [5, 5.41) is 0. The minimum absolute atomic E-state index is 0.638. The third-order valence-corrected chi connectivity index (χ3v) is 5.64. The first-order valence-electron chi connectivity index (χ1n) is 5.54. The lowest BCUT2D eigenvalue weighted by Crippen LogP contribution is -2.26. The number of thiol groups is 1. The van der Waals surface area contributed by atoms with Crippen LogP contribution in [0.4, 0.5) is 0 Å². The molecule has 0 amide bonds. The van der Waals surface area contributed by atoms with Crippen molar-refractivity contribution in [3.05, 3.63) is 0 Å². The highest BCUT2D eigenvalue weighted by molar-refractivity contribution is 7.80. The summed E-state index contributed by atoms with van der Waals surface area (Å²) in [5.74, 6) is 1.03. The van der Waals surface area contributed by atoms with Crippen LogP contribution in [-0.4, -0.2) is 52.9 Å². The van der Waals surface area contributed by atoms with Crippen LogP contribution >= 0.6 is 12.6 Å². The number of hydrogen-bond donors (Lipinski definition) is 1. The van der Waals surface area contributed by atoms with E-state index < -0.39 is 8.80 Å². The van der Waals surface area contributed by atoms with E-state index in [1.165, 1.54) is 25.1 Å². The molecule has 0 heterocycles. The smallest absolute Gasteiger partial charge is 0.0690 e. The summed E-state index contributed by atoms with van der Waals surface area (Å²) in [4.78, 5) is 2.27. The highest BCUT2D eigenvalue weighted by Gasteiger charge is 2.10.